The number of aromatic nitrogens is 1. The molecule has 1 aliphatic heterocycles. The van der Waals surface area contributed by atoms with Gasteiger partial charge in [-0.15, -0.1) is 0 Å². The van der Waals surface area contributed by atoms with Gasteiger partial charge in [0.2, 0.25) is 11.8 Å². The maximum absolute atomic E-state index is 12.7. The molecule has 6 nitrogen and oxygen atoms in total. The summed E-state index contributed by atoms with van der Waals surface area (Å²) in [5.74, 6) is -0.0861. The number of anilines is 1. The molecule has 2 amide bonds. The third-order valence-corrected chi connectivity index (χ3v) is 5.49. The summed E-state index contributed by atoms with van der Waals surface area (Å²) in [6.07, 6.45) is 3.55. The van der Waals surface area contributed by atoms with Crippen LogP contribution >= 0.6 is 0 Å². The van der Waals surface area contributed by atoms with E-state index in [2.05, 4.69) is 16.4 Å². The molecule has 1 aromatic heterocycles. The van der Waals surface area contributed by atoms with Gasteiger partial charge in [-0.05, 0) is 42.7 Å². The second kappa shape index (κ2) is 8.19. The van der Waals surface area contributed by atoms with E-state index in [1.807, 2.05) is 35.4 Å². The smallest absolute Gasteiger partial charge is 0.227 e. The Bertz CT molecular complexity index is 1090. The minimum atomic E-state index is -0.127. The summed E-state index contributed by atoms with van der Waals surface area (Å²) in [5.41, 5.74) is 3.18. The molecule has 0 spiro atoms. The molecule has 4 rings (SSSR count). The lowest BCUT2D eigenvalue weighted by atomic mass is 9.95. The quantitative estimate of drug-likeness (QED) is 0.720. The number of H-pyrrole nitrogens is 1. The zero-order valence-electron chi connectivity index (χ0n) is 16.0. The topological polar surface area (TPSA) is 89.0 Å². The molecular formula is C23H22N4O2. The molecule has 2 heterocycles. The summed E-state index contributed by atoms with van der Waals surface area (Å²) in [6.45, 7) is 1.16. The predicted octanol–water partition coefficient (Wildman–Crippen LogP) is 3.46. The van der Waals surface area contributed by atoms with Crippen LogP contribution in [0.5, 0.6) is 0 Å². The Kier molecular flexibility index (Phi) is 5.30. The minimum Gasteiger partial charge on any atom is -0.361 e. The molecule has 2 N–H and O–H groups in total. The maximum atomic E-state index is 12.7. The average molecular weight is 386 g/mol. The summed E-state index contributed by atoms with van der Waals surface area (Å²) in [7, 11) is 0. The SMILES string of the molecule is N#Cc1cccc(NC(=O)C2CCN(C(=O)Cc3c[nH]c4ccccc34)CC2)c1. The number of nitrogens with one attached hydrogen (secondary N) is 2. The van der Waals surface area contributed by atoms with Crippen molar-refractivity contribution in [2.45, 2.75) is 19.3 Å². The van der Waals surface area contributed by atoms with Crippen LogP contribution in [0.25, 0.3) is 10.9 Å². The third-order valence-electron chi connectivity index (χ3n) is 5.49. The molecule has 0 saturated carbocycles. The van der Waals surface area contributed by atoms with E-state index in [1.165, 1.54) is 0 Å². The zero-order valence-corrected chi connectivity index (χ0v) is 16.0. The number of likely N-dealkylation sites (tertiary alicyclic amines) is 1. The lowest BCUT2D eigenvalue weighted by molar-refractivity contribution is -0.133. The van der Waals surface area contributed by atoms with Gasteiger partial charge in [-0.1, -0.05) is 24.3 Å². The number of hydrogen-bond donors (Lipinski definition) is 2. The Hall–Kier alpha value is -3.59. The van der Waals surface area contributed by atoms with E-state index in [0.29, 0.717) is 43.6 Å². The Morgan fingerprint density at radius 3 is 2.72 bits per heavy atom. The highest BCUT2D eigenvalue weighted by Crippen LogP contribution is 2.23. The van der Waals surface area contributed by atoms with Gasteiger partial charge in [0.15, 0.2) is 0 Å². The number of para-hydroxylation sites is 1. The van der Waals surface area contributed by atoms with Gasteiger partial charge >= 0.3 is 0 Å². The molecule has 6 heteroatoms. The summed E-state index contributed by atoms with van der Waals surface area (Å²) in [6, 6.07) is 16.9. The van der Waals surface area contributed by atoms with E-state index in [1.54, 1.807) is 24.3 Å². The van der Waals surface area contributed by atoms with Gasteiger partial charge in [0.1, 0.15) is 0 Å². The van der Waals surface area contributed by atoms with Crippen LogP contribution in [0.1, 0.15) is 24.0 Å². The first kappa shape index (κ1) is 18.8. The zero-order chi connectivity index (χ0) is 20.2. The van der Waals surface area contributed by atoms with Crippen LogP contribution in [0.3, 0.4) is 0 Å². The van der Waals surface area contributed by atoms with E-state index < -0.39 is 0 Å². The van der Waals surface area contributed by atoms with Crippen LogP contribution in [0.15, 0.2) is 54.7 Å². The highest BCUT2D eigenvalue weighted by atomic mass is 16.2. The number of benzene rings is 2. The monoisotopic (exact) mass is 386 g/mol. The normalized spacial score (nSPS) is 14.5. The molecule has 1 saturated heterocycles. The van der Waals surface area contributed by atoms with Crippen molar-refractivity contribution >= 4 is 28.4 Å². The molecular weight excluding hydrogens is 364 g/mol. The van der Waals surface area contributed by atoms with Crippen molar-refractivity contribution in [3.63, 3.8) is 0 Å². The number of hydrogen-bond acceptors (Lipinski definition) is 3. The van der Waals surface area contributed by atoms with Crippen LogP contribution in [0.2, 0.25) is 0 Å². The number of amides is 2. The van der Waals surface area contributed by atoms with Crippen molar-refractivity contribution in [3.8, 4) is 6.07 Å². The fourth-order valence-electron chi connectivity index (χ4n) is 3.85. The van der Waals surface area contributed by atoms with Crippen LogP contribution in [-0.2, 0) is 16.0 Å². The number of carbonyl (C=O) groups is 2. The van der Waals surface area contributed by atoms with Gasteiger partial charge in [-0.25, -0.2) is 0 Å². The van der Waals surface area contributed by atoms with E-state index in [-0.39, 0.29) is 17.7 Å². The molecule has 1 aliphatic rings. The van der Waals surface area contributed by atoms with Crippen molar-refractivity contribution in [2.75, 3.05) is 18.4 Å². The number of fused-ring (bicyclic) bond motifs is 1. The van der Waals surface area contributed by atoms with Gasteiger partial charge in [-0.3, -0.25) is 9.59 Å². The summed E-state index contributed by atoms with van der Waals surface area (Å²) >= 11 is 0. The fourth-order valence-corrected chi connectivity index (χ4v) is 3.85. The Morgan fingerprint density at radius 1 is 1.14 bits per heavy atom. The Balaban J connectivity index is 1.32. The van der Waals surface area contributed by atoms with Gasteiger partial charge in [0.05, 0.1) is 18.1 Å². The number of aromatic amines is 1. The molecule has 29 heavy (non-hydrogen) atoms. The average Bonchev–Trinajstić information content (AvgIpc) is 3.17. The van der Waals surface area contributed by atoms with Gasteiger partial charge < -0.3 is 15.2 Å². The summed E-state index contributed by atoms with van der Waals surface area (Å²) < 4.78 is 0. The van der Waals surface area contributed by atoms with Crippen molar-refractivity contribution < 1.29 is 9.59 Å². The molecule has 0 aliphatic carbocycles. The number of nitrogens with zero attached hydrogens (tertiary/aromatic N) is 2. The van der Waals surface area contributed by atoms with Crippen molar-refractivity contribution in [1.29, 1.82) is 5.26 Å². The van der Waals surface area contributed by atoms with Crippen molar-refractivity contribution in [3.05, 3.63) is 65.9 Å². The van der Waals surface area contributed by atoms with Crippen LogP contribution in [0, 0.1) is 17.2 Å². The third kappa shape index (κ3) is 4.14. The van der Waals surface area contributed by atoms with Crippen LogP contribution in [0.4, 0.5) is 5.69 Å². The fraction of sp³-hybridized carbons (Fsp3) is 0.261. The van der Waals surface area contributed by atoms with Crippen molar-refractivity contribution in [2.24, 2.45) is 5.92 Å². The van der Waals surface area contributed by atoms with Gasteiger partial charge in [0, 0.05) is 41.8 Å². The standard InChI is InChI=1S/C23H22N4O2/c24-14-16-4-3-5-19(12-16)26-23(29)17-8-10-27(11-9-17)22(28)13-18-15-25-21-7-2-1-6-20(18)21/h1-7,12,15,17,25H,8-11,13H2,(H,26,29). The lowest BCUT2D eigenvalue weighted by Gasteiger charge is -2.31. The second-order valence-electron chi connectivity index (χ2n) is 7.37. The summed E-state index contributed by atoms with van der Waals surface area (Å²) in [4.78, 5) is 30.3. The highest BCUT2D eigenvalue weighted by Gasteiger charge is 2.27. The summed E-state index contributed by atoms with van der Waals surface area (Å²) in [5, 5.41) is 12.9. The molecule has 0 radical (unpaired) electrons. The number of piperidine rings is 1. The molecule has 0 bridgehead atoms. The largest absolute Gasteiger partial charge is 0.361 e. The minimum absolute atomic E-state index is 0.0520. The van der Waals surface area contributed by atoms with Gasteiger partial charge in [0.25, 0.3) is 0 Å². The van der Waals surface area contributed by atoms with E-state index in [4.69, 9.17) is 5.26 Å². The first-order chi connectivity index (χ1) is 14.1. The van der Waals surface area contributed by atoms with Crippen LogP contribution in [-0.4, -0.2) is 34.8 Å². The van der Waals surface area contributed by atoms with Crippen LogP contribution < -0.4 is 5.32 Å². The first-order valence-electron chi connectivity index (χ1n) is 9.78. The van der Waals surface area contributed by atoms with Crippen molar-refractivity contribution in [1.82, 2.24) is 9.88 Å². The molecule has 1 fully saturated rings. The second-order valence-corrected chi connectivity index (χ2v) is 7.37. The molecule has 3 aromatic rings. The predicted molar refractivity (Wildman–Crippen MR) is 111 cm³/mol. The number of carbonyl (C=O) groups excluding carboxylic acids is 2. The molecule has 2 aromatic carbocycles. The Morgan fingerprint density at radius 2 is 1.93 bits per heavy atom. The van der Waals surface area contributed by atoms with E-state index in [9.17, 15) is 9.59 Å². The molecule has 0 unspecified atom stereocenters. The number of nitriles is 1. The highest BCUT2D eigenvalue weighted by molar-refractivity contribution is 5.93. The maximum Gasteiger partial charge on any atom is 0.227 e. The first-order valence-corrected chi connectivity index (χ1v) is 9.78. The van der Waals surface area contributed by atoms with E-state index >= 15 is 0 Å². The Labute approximate surface area is 169 Å². The lowest BCUT2D eigenvalue weighted by Crippen LogP contribution is -2.42. The molecule has 0 atom stereocenters. The van der Waals surface area contributed by atoms with E-state index in [0.717, 1.165) is 16.5 Å². The van der Waals surface area contributed by atoms with Gasteiger partial charge in [-0.2, -0.15) is 5.26 Å². The number of rotatable bonds is 4. The molecule has 146 valence electrons.